The predicted molar refractivity (Wildman–Crippen MR) is 291 cm³/mol. The lowest BCUT2D eigenvalue weighted by Crippen LogP contribution is -2.66. The molecule has 3 rings (SSSR count). The topological polar surface area (TPSA) is 307 Å². The van der Waals surface area contributed by atoms with E-state index in [4.69, 9.17) is 28.4 Å². The maximum atomic E-state index is 12.9. The van der Waals surface area contributed by atoms with Gasteiger partial charge in [0.15, 0.2) is 18.9 Å². The summed E-state index contributed by atoms with van der Waals surface area (Å²) >= 11 is 0. The zero-order chi connectivity index (χ0) is 56.2. The Morgan fingerprint density at radius 3 is 1.30 bits per heavy atom. The summed E-state index contributed by atoms with van der Waals surface area (Å²) in [5.41, 5.74) is 0. The Morgan fingerprint density at radius 1 is 0.455 bits per heavy atom. The summed E-state index contributed by atoms with van der Waals surface area (Å²) in [6.07, 6.45) is 17.5. The van der Waals surface area contributed by atoms with Crippen LogP contribution in [0.5, 0.6) is 0 Å². The van der Waals surface area contributed by atoms with Crippen molar-refractivity contribution in [3.05, 3.63) is 24.3 Å². The van der Waals surface area contributed by atoms with Crippen molar-refractivity contribution in [3.63, 3.8) is 0 Å². The Morgan fingerprint density at radius 2 is 0.831 bits per heavy atom. The van der Waals surface area contributed by atoms with E-state index >= 15 is 0 Å². The fourth-order valence-electron chi connectivity index (χ4n) is 10.3. The van der Waals surface area contributed by atoms with Gasteiger partial charge < -0.3 is 89.9 Å². The molecular formula is C58H107NO18. The summed E-state index contributed by atoms with van der Waals surface area (Å²) in [7, 11) is 0. The van der Waals surface area contributed by atoms with Crippen LogP contribution in [0.2, 0.25) is 0 Å². The van der Waals surface area contributed by atoms with Crippen LogP contribution >= 0.6 is 0 Å². The smallest absolute Gasteiger partial charge is 0.220 e. The quantitative estimate of drug-likeness (QED) is 0.0277. The first-order valence-corrected chi connectivity index (χ1v) is 30.1. The first-order valence-electron chi connectivity index (χ1n) is 30.1. The number of carbonyl (C=O) groups excluding carboxylic acids is 1. The molecule has 0 spiro atoms. The van der Waals surface area contributed by atoms with Crippen LogP contribution in [0.4, 0.5) is 0 Å². The first-order chi connectivity index (χ1) is 37.3. The van der Waals surface area contributed by atoms with Crippen LogP contribution < -0.4 is 5.32 Å². The van der Waals surface area contributed by atoms with Gasteiger partial charge in [-0.2, -0.15) is 0 Å². The molecule has 17 atom stereocenters. The zero-order valence-electron chi connectivity index (χ0n) is 46.9. The van der Waals surface area contributed by atoms with E-state index < -0.39 is 124 Å². The van der Waals surface area contributed by atoms with E-state index in [0.717, 1.165) is 32.1 Å². The van der Waals surface area contributed by atoms with Crippen LogP contribution in [0.1, 0.15) is 206 Å². The van der Waals surface area contributed by atoms with Gasteiger partial charge in [0.2, 0.25) is 5.91 Å². The van der Waals surface area contributed by atoms with E-state index in [1.807, 2.05) is 13.0 Å². The molecule has 0 aromatic carbocycles. The summed E-state index contributed by atoms with van der Waals surface area (Å²) < 4.78 is 34.0. The number of hydrogen-bond donors (Lipinski definition) is 12. The fourth-order valence-corrected chi connectivity index (χ4v) is 10.3. The number of amides is 1. The molecule has 452 valence electrons. The Labute approximate surface area is 460 Å². The largest absolute Gasteiger partial charge is 0.394 e. The van der Waals surface area contributed by atoms with Gasteiger partial charge in [0.25, 0.3) is 0 Å². The van der Waals surface area contributed by atoms with E-state index in [2.05, 4.69) is 24.4 Å². The summed E-state index contributed by atoms with van der Waals surface area (Å²) in [5, 5.41) is 119. The molecule has 0 aliphatic carbocycles. The molecule has 0 bridgehead atoms. The third kappa shape index (κ3) is 26.4. The van der Waals surface area contributed by atoms with Gasteiger partial charge in [0.05, 0.1) is 38.6 Å². The minimum Gasteiger partial charge on any atom is -0.394 e. The number of allylic oxidation sites excluding steroid dienone is 3. The molecule has 3 saturated heterocycles. The molecule has 3 aliphatic heterocycles. The highest BCUT2D eigenvalue weighted by Crippen LogP contribution is 2.33. The molecule has 3 fully saturated rings. The maximum Gasteiger partial charge on any atom is 0.220 e. The minimum atomic E-state index is -1.98. The first kappa shape index (κ1) is 69.5. The highest BCUT2D eigenvalue weighted by molar-refractivity contribution is 5.76. The Bertz CT molecular complexity index is 1510. The fraction of sp³-hybridized carbons (Fsp3) is 0.914. The number of carbonyl (C=O) groups is 1. The van der Waals surface area contributed by atoms with Crippen LogP contribution in [0.15, 0.2) is 24.3 Å². The second-order valence-corrected chi connectivity index (χ2v) is 21.8. The average molecular weight is 1110 g/mol. The van der Waals surface area contributed by atoms with Crippen LogP contribution in [0, 0.1) is 0 Å². The van der Waals surface area contributed by atoms with Crippen LogP contribution in [-0.4, -0.2) is 193 Å². The Hall–Kier alpha value is -1.73. The molecule has 3 aliphatic rings. The van der Waals surface area contributed by atoms with Gasteiger partial charge in [-0.05, 0) is 32.1 Å². The molecule has 19 heteroatoms. The lowest BCUT2D eigenvalue weighted by Gasteiger charge is -2.48. The standard InChI is InChI=1S/C58H107NO18/c1-3-5-7-8-9-10-11-12-13-14-15-16-17-18-19-20-21-22-23-24-25-26-27-28-29-30-31-32-34-35-42(63)41(59-46(64)36-33-6-4-2)40-72-56-52(70)49(67)54(44(38-61)74-56)77-58-53(71)50(68)55(45(39-62)75-58)76-57-51(69)48(66)47(65)43(37-60)73-57/h29-30,34-35,41-45,47-58,60-63,65-71H,3-28,31-33,36-40H2,1-2H3,(H,59,64)/b30-29+,35-34+. The van der Waals surface area contributed by atoms with Crippen LogP contribution in [-0.2, 0) is 33.2 Å². The molecule has 17 unspecified atom stereocenters. The van der Waals surface area contributed by atoms with Crippen molar-refractivity contribution < 1.29 is 89.4 Å². The molecule has 1 amide bonds. The molecular weight excluding hydrogens is 999 g/mol. The van der Waals surface area contributed by atoms with Gasteiger partial charge in [-0.1, -0.05) is 192 Å². The summed E-state index contributed by atoms with van der Waals surface area (Å²) in [6.45, 7) is 1.51. The van der Waals surface area contributed by atoms with Gasteiger partial charge in [0, 0.05) is 6.42 Å². The number of unbranched alkanes of at least 4 members (excludes halogenated alkanes) is 26. The van der Waals surface area contributed by atoms with Crippen molar-refractivity contribution in [2.75, 3.05) is 26.4 Å². The van der Waals surface area contributed by atoms with E-state index in [0.29, 0.717) is 12.8 Å². The van der Waals surface area contributed by atoms with Gasteiger partial charge in [-0.3, -0.25) is 4.79 Å². The van der Waals surface area contributed by atoms with Crippen LogP contribution in [0.25, 0.3) is 0 Å². The van der Waals surface area contributed by atoms with Gasteiger partial charge >= 0.3 is 0 Å². The van der Waals surface area contributed by atoms with Crippen molar-refractivity contribution in [3.8, 4) is 0 Å². The van der Waals surface area contributed by atoms with Gasteiger partial charge in [-0.15, -0.1) is 0 Å². The summed E-state index contributed by atoms with van der Waals surface area (Å²) in [6, 6.07) is -0.981. The summed E-state index contributed by atoms with van der Waals surface area (Å²) in [4.78, 5) is 12.9. The zero-order valence-corrected chi connectivity index (χ0v) is 46.9. The van der Waals surface area contributed by atoms with Crippen molar-refractivity contribution in [1.29, 1.82) is 0 Å². The number of nitrogens with one attached hydrogen (secondary N) is 1. The highest BCUT2D eigenvalue weighted by atomic mass is 16.8. The van der Waals surface area contributed by atoms with Crippen molar-refractivity contribution >= 4 is 5.91 Å². The third-order valence-electron chi connectivity index (χ3n) is 15.3. The van der Waals surface area contributed by atoms with E-state index in [-0.39, 0.29) is 18.9 Å². The Kier molecular flexibility index (Phi) is 38.1. The lowest BCUT2D eigenvalue weighted by molar-refractivity contribution is -0.379. The molecule has 0 radical (unpaired) electrons. The second-order valence-electron chi connectivity index (χ2n) is 21.8. The average Bonchev–Trinajstić information content (AvgIpc) is 3.44. The van der Waals surface area contributed by atoms with Crippen molar-refractivity contribution in [2.24, 2.45) is 0 Å². The second kappa shape index (κ2) is 42.1. The lowest BCUT2D eigenvalue weighted by atomic mass is 9.96. The minimum absolute atomic E-state index is 0.222. The molecule has 0 saturated carbocycles. The highest BCUT2D eigenvalue weighted by Gasteiger charge is 2.53. The maximum absolute atomic E-state index is 12.9. The molecule has 19 nitrogen and oxygen atoms in total. The van der Waals surface area contributed by atoms with E-state index in [9.17, 15) is 61.0 Å². The molecule has 77 heavy (non-hydrogen) atoms. The number of ether oxygens (including phenoxy) is 6. The molecule has 0 aromatic rings. The Balaban J connectivity index is 1.34. The molecule has 3 heterocycles. The number of aliphatic hydroxyl groups excluding tert-OH is 11. The normalized spacial score (nSPS) is 30.8. The molecule has 0 aromatic heterocycles. The SMILES string of the molecule is CCCCCCCCCCCCCCCCCCCCCCCCC/C=C/CC/C=C/C(O)C(COC1OC(CO)C(OC2OC(CO)C(OC3OC(CO)C(O)C(O)C3O)C(O)C2O)C(O)C1O)NC(=O)CCCCC. The van der Waals surface area contributed by atoms with Crippen LogP contribution in [0.3, 0.4) is 0 Å². The van der Waals surface area contributed by atoms with E-state index in [1.165, 1.54) is 141 Å². The predicted octanol–water partition coefficient (Wildman–Crippen LogP) is 5.15. The van der Waals surface area contributed by atoms with Crippen molar-refractivity contribution in [1.82, 2.24) is 5.32 Å². The number of hydrogen-bond acceptors (Lipinski definition) is 18. The van der Waals surface area contributed by atoms with E-state index in [1.54, 1.807) is 6.08 Å². The van der Waals surface area contributed by atoms with Gasteiger partial charge in [0.1, 0.15) is 73.2 Å². The summed E-state index contributed by atoms with van der Waals surface area (Å²) in [5.74, 6) is -0.310. The third-order valence-corrected chi connectivity index (χ3v) is 15.3. The monoisotopic (exact) mass is 1110 g/mol. The molecule has 12 N–H and O–H groups in total. The number of aliphatic hydroxyl groups is 11. The number of rotatable bonds is 44. The van der Waals surface area contributed by atoms with Crippen molar-refractivity contribution in [2.45, 2.75) is 311 Å². The van der Waals surface area contributed by atoms with Gasteiger partial charge in [-0.25, -0.2) is 0 Å².